The van der Waals surface area contributed by atoms with Crippen LogP contribution in [0, 0.1) is 20.8 Å². The molecule has 1 amide bonds. The molecule has 0 saturated carbocycles. The molecule has 5 nitrogen and oxygen atoms in total. The minimum Gasteiger partial charge on any atom is -0.321 e. The van der Waals surface area contributed by atoms with E-state index < -0.39 is 0 Å². The Balaban J connectivity index is 1.68. The zero-order valence-electron chi connectivity index (χ0n) is 14.3. The maximum atomic E-state index is 12.2. The molecular weight excluding hydrogens is 332 g/mol. The first kappa shape index (κ1) is 17.1. The van der Waals surface area contributed by atoms with E-state index in [1.54, 1.807) is 6.07 Å². The molecular formula is C19H18N4OS. The number of aryl methyl sites for hydroxylation is 3. The quantitative estimate of drug-likeness (QED) is 0.714. The Hall–Kier alpha value is -2.73. The Morgan fingerprint density at radius 2 is 1.56 bits per heavy atom. The summed E-state index contributed by atoms with van der Waals surface area (Å²) in [6.45, 7) is 5.77. The van der Waals surface area contributed by atoms with E-state index in [9.17, 15) is 4.79 Å². The van der Waals surface area contributed by atoms with Crippen molar-refractivity contribution in [2.75, 3.05) is 5.32 Å². The Kier molecular flexibility index (Phi) is 5.09. The van der Waals surface area contributed by atoms with Crippen LogP contribution in [0.3, 0.4) is 0 Å². The second-order valence-corrected chi connectivity index (χ2v) is 6.72. The van der Waals surface area contributed by atoms with Crippen molar-refractivity contribution < 1.29 is 4.79 Å². The van der Waals surface area contributed by atoms with Gasteiger partial charge in [-0.05, 0) is 75.0 Å². The number of carbonyl (C=O) groups excluding carboxylic acids is 1. The Labute approximate surface area is 150 Å². The van der Waals surface area contributed by atoms with Crippen molar-refractivity contribution in [2.24, 2.45) is 0 Å². The van der Waals surface area contributed by atoms with Gasteiger partial charge in [0.05, 0.1) is 0 Å². The predicted octanol–water partition coefficient (Wildman–Crippen LogP) is 4.20. The van der Waals surface area contributed by atoms with Gasteiger partial charge in [0, 0.05) is 27.7 Å². The third-order valence-electron chi connectivity index (χ3n) is 3.40. The fraction of sp³-hybridized carbons (Fsp3) is 0.158. The van der Waals surface area contributed by atoms with Crippen LogP contribution in [0.4, 0.5) is 5.69 Å². The lowest BCUT2D eigenvalue weighted by molar-refractivity contribution is 0.102. The molecule has 0 radical (unpaired) electrons. The van der Waals surface area contributed by atoms with Crippen molar-refractivity contribution in [3.05, 3.63) is 71.3 Å². The molecule has 0 aliphatic heterocycles. The molecule has 0 saturated heterocycles. The SMILES string of the molecule is Cc1cccc(C(=O)Nc2ccc(Sc3nc(C)cc(C)n3)cc2)n1. The van der Waals surface area contributed by atoms with Crippen LogP contribution in [-0.2, 0) is 0 Å². The van der Waals surface area contributed by atoms with Gasteiger partial charge in [-0.15, -0.1) is 0 Å². The van der Waals surface area contributed by atoms with Gasteiger partial charge in [-0.25, -0.2) is 15.0 Å². The summed E-state index contributed by atoms with van der Waals surface area (Å²) in [7, 11) is 0. The van der Waals surface area contributed by atoms with Gasteiger partial charge in [0.25, 0.3) is 5.91 Å². The van der Waals surface area contributed by atoms with E-state index >= 15 is 0 Å². The summed E-state index contributed by atoms with van der Waals surface area (Å²) in [6.07, 6.45) is 0. The third kappa shape index (κ3) is 4.64. The van der Waals surface area contributed by atoms with Crippen LogP contribution in [0.2, 0.25) is 0 Å². The van der Waals surface area contributed by atoms with Gasteiger partial charge in [-0.1, -0.05) is 6.07 Å². The molecule has 126 valence electrons. The van der Waals surface area contributed by atoms with Gasteiger partial charge < -0.3 is 5.32 Å². The average Bonchev–Trinajstić information content (AvgIpc) is 2.56. The van der Waals surface area contributed by atoms with Gasteiger partial charge >= 0.3 is 0 Å². The number of nitrogens with one attached hydrogen (secondary N) is 1. The molecule has 3 aromatic rings. The van der Waals surface area contributed by atoms with Gasteiger partial charge in [0.1, 0.15) is 5.69 Å². The number of anilines is 1. The molecule has 0 unspecified atom stereocenters. The summed E-state index contributed by atoms with van der Waals surface area (Å²) in [4.78, 5) is 26.3. The highest BCUT2D eigenvalue weighted by atomic mass is 32.2. The lowest BCUT2D eigenvalue weighted by Gasteiger charge is -2.07. The van der Waals surface area contributed by atoms with Crippen molar-refractivity contribution in [2.45, 2.75) is 30.8 Å². The number of rotatable bonds is 4. The average molecular weight is 350 g/mol. The number of hydrogen-bond donors (Lipinski definition) is 1. The van der Waals surface area contributed by atoms with Crippen molar-refractivity contribution in [3.63, 3.8) is 0 Å². The Bertz CT molecular complexity index is 889. The fourth-order valence-electron chi connectivity index (χ4n) is 2.32. The molecule has 2 aromatic heterocycles. The molecule has 0 aliphatic carbocycles. The van der Waals surface area contributed by atoms with Crippen LogP contribution in [0.5, 0.6) is 0 Å². The van der Waals surface area contributed by atoms with Crippen molar-refractivity contribution in [1.82, 2.24) is 15.0 Å². The molecule has 25 heavy (non-hydrogen) atoms. The standard InChI is InChI=1S/C19H18N4OS/c1-12-5-4-6-17(20-12)18(24)23-15-7-9-16(10-8-15)25-19-21-13(2)11-14(3)22-19/h4-11H,1-3H3,(H,23,24). The van der Waals surface area contributed by atoms with Crippen LogP contribution in [0.15, 0.2) is 58.6 Å². The molecule has 0 aliphatic rings. The largest absolute Gasteiger partial charge is 0.321 e. The van der Waals surface area contributed by atoms with Crippen LogP contribution in [0.1, 0.15) is 27.6 Å². The summed E-state index contributed by atoms with van der Waals surface area (Å²) in [5.74, 6) is -0.221. The van der Waals surface area contributed by atoms with Crippen molar-refractivity contribution in [1.29, 1.82) is 0 Å². The molecule has 0 atom stereocenters. The van der Waals surface area contributed by atoms with E-state index in [1.807, 2.05) is 63.2 Å². The Morgan fingerprint density at radius 3 is 2.20 bits per heavy atom. The number of hydrogen-bond acceptors (Lipinski definition) is 5. The van der Waals surface area contributed by atoms with Gasteiger partial charge in [-0.3, -0.25) is 4.79 Å². The van der Waals surface area contributed by atoms with Gasteiger partial charge in [-0.2, -0.15) is 0 Å². The summed E-state index contributed by atoms with van der Waals surface area (Å²) in [5.41, 5.74) is 3.84. The van der Waals surface area contributed by atoms with Crippen molar-refractivity contribution >= 4 is 23.4 Å². The summed E-state index contributed by atoms with van der Waals surface area (Å²) in [6, 6.07) is 14.9. The van der Waals surface area contributed by atoms with E-state index in [-0.39, 0.29) is 5.91 Å². The van der Waals surface area contributed by atoms with E-state index in [0.29, 0.717) is 5.69 Å². The first-order chi connectivity index (χ1) is 12.0. The number of benzene rings is 1. The van der Waals surface area contributed by atoms with E-state index in [2.05, 4.69) is 20.3 Å². The summed E-state index contributed by atoms with van der Waals surface area (Å²) >= 11 is 1.49. The van der Waals surface area contributed by atoms with E-state index in [4.69, 9.17) is 0 Å². The zero-order chi connectivity index (χ0) is 17.8. The smallest absolute Gasteiger partial charge is 0.274 e. The molecule has 6 heteroatoms. The number of nitrogens with zero attached hydrogens (tertiary/aromatic N) is 3. The molecule has 0 bridgehead atoms. The third-order valence-corrected chi connectivity index (χ3v) is 4.28. The highest BCUT2D eigenvalue weighted by molar-refractivity contribution is 7.99. The van der Waals surface area contributed by atoms with Gasteiger partial charge in [0.2, 0.25) is 0 Å². The highest BCUT2D eigenvalue weighted by Gasteiger charge is 2.08. The summed E-state index contributed by atoms with van der Waals surface area (Å²) < 4.78 is 0. The first-order valence-electron chi connectivity index (χ1n) is 7.85. The molecule has 2 heterocycles. The second-order valence-electron chi connectivity index (χ2n) is 5.68. The van der Waals surface area contributed by atoms with Crippen LogP contribution >= 0.6 is 11.8 Å². The van der Waals surface area contributed by atoms with E-state index in [1.165, 1.54) is 11.8 Å². The molecule has 0 spiro atoms. The number of aromatic nitrogens is 3. The molecule has 1 N–H and O–H groups in total. The van der Waals surface area contributed by atoms with E-state index in [0.717, 1.165) is 32.8 Å². The lowest BCUT2D eigenvalue weighted by atomic mass is 10.2. The normalized spacial score (nSPS) is 10.5. The van der Waals surface area contributed by atoms with Crippen molar-refractivity contribution in [3.8, 4) is 0 Å². The second kappa shape index (κ2) is 7.44. The summed E-state index contributed by atoms with van der Waals surface area (Å²) in [5, 5.41) is 3.57. The monoisotopic (exact) mass is 350 g/mol. The van der Waals surface area contributed by atoms with Gasteiger partial charge in [0.15, 0.2) is 5.16 Å². The minimum absolute atomic E-state index is 0.221. The molecule has 0 fully saturated rings. The van der Waals surface area contributed by atoms with Crippen LogP contribution in [-0.4, -0.2) is 20.9 Å². The number of amides is 1. The molecule has 1 aromatic carbocycles. The topological polar surface area (TPSA) is 67.8 Å². The maximum absolute atomic E-state index is 12.2. The minimum atomic E-state index is -0.221. The first-order valence-corrected chi connectivity index (χ1v) is 8.66. The zero-order valence-corrected chi connectivity index (χ0v) is 15.1. The molecule has 3 rings (SSSR count). The maximum Gasteiger partial charge on any atom is 0.274 e. The van der Waals surface area contributed by atoms with Crippen LogP contribution < -0.4 is 5.32 Å². The predicted molar refractivity (Wildman–Crippen MR) is 99.0 cm³/mol. The number of pyridine rings is 1. The van der Waals surface area contributed by atoms with Crippen LogP contribution in [0.25, 0.3) is 0 Å². The fourth-order valence-corrected chi connectivity index (χ4v) is 3.18. The number of carbonyl (C=O) groups is 1. The highest BCUT2D eigenvalue weighted by Crippen LogP contribution is 2.26. The lowest BCUT2D eigenvalue weighted by Crippen LogP contribution is -2.13. The Morgan fingerprint density at radius 1 is 0.880 bits per heavy atom.